The number of primary sulfonamides is 1. The van der Waals surface area contributed by atoms with Crippen LogP contribution >= 0.6 is 0 Å². The molecule has 0 fully saturated rings. The number of aryl methyl sites for hydroxylation is 1. The maximum Gasteiger partial charge on any atom is 0.238 e. The molecule has 0 radical (unpaired) electrons. The Balaban J connectivity index is 1.70. The van der Waals surface area contributed by atoms with E-state index in [9.17, 15) is 8.42 Å². The predicted octanol–water partition coefficient (Wildman–Crippen LogP) is 4.44. The number of nitrogens with zero attached hydrogens (tertiary/aromatic N) is 2. The maximum atomic E-state index is 11.8. The predicted molar refractivity (Wildman–Crippen MR) is 133 cm³/mol. The Bertz CT molecular complexity index is 1470. The van der Waals surface area contributed by atoms with Crippen LogP contribution in [-0.2, 0) is 10.0 Å². The number of rotatable bonds is 7. The van der Waals surface area contributed by atoms with Crippen molar-refractivity contribution in [1.82, 2.24) is 9.97 Å². The van der Waals surface area contributed by atoms with Gasteiger partial charge < -0.3 is 14.8 Å². The van der Waals surface area contributed by atoms with Crippen LogP contribution in [0.1, 0.15) is 24.4 Å². The van der Waals surface area contributed by atoms with E-state index in [1.807, 2.05) is 56.3 Å². The summed E-state index contributed by atoms with van der Waals surface area (Å²) in [5.74, 6) is 2.50. The average molecular weight is 479 g/mol. The summed E-state index contributed by atoms with van der Waals surface area (Å²) < 4.78 is 34.4. The Morgan fingerprint density at radius 2 is 1.56 bits per heavy atom. The minimum absolute atomic E-state index is 0.0777. The van der Waals surface area contributed by atoms with Crippen LogP contribution in [0.5, 0.6) is 11.5 Å². The third-order valence-electron chi connectivity index (χ3n) is 5.55. The molecule has 4 rings (SSSR count). The summed E-state index contributed by atoms with van der Waals surface area (Å²) >= 11 is 0. The molecular formula is C25H26N4O4S. The van der Waals surface area contributed by atoms with Crippen molar-refractivity contribution < 1.29 is 17.9 Å². The van der Waals surface area contributed by atoms with E-state index in [1.165, 1.54) is 6.07 Å². The molecule has 0 aliphatic heterocycles. The van der Waals surface area contributed by atoms with Gasteiger partial charge in [0.2, 0.25) is 10.0 Å². The lowest BCUT2D eigenvalue weighted by Gasteiger charge is -2.18. The molecule has 176 valence electrons. The van der Waals surface area contributed by atoms with E-state index in [0.29, 0.717) is 23.1 Å². The molecule has 0 spiro atoms. The second kappa shape index (κ2) is 9.28. The van der Waals surface area contributed by atoms with Crippen molar-refractivity contribution in [3.8, 4) is 22.6 Å². The number of nitrogens with two attached hydrogens (primary N) is 1. The Morgan fingerprint density at radius 3 is 2.24 bits per heavy atom. The van der Waals surface area contributed by atoms with Gasteiger partial charge >= 0.3 is 0 Å². The van der Waals surface area contributed by atoms with E-state index in [4.69, 9.17) is 14.6 Å². The Labute approximate surface area is 198 Å². The topological polar surface area (TPSA) is 116 Å². The zero-order valence-corrected chi connectivity index (χ0v) is 20.2. The number of hydrogen-bond acceptors (Lipinski definition) is 7. The van der Waals surface area contributed by atoms with Gasteiger partial charge in [0.25, 0.3) is 0 Å². The molecule has 34 heavy (non-hydrogen) atoms. The van der Waals surface area contributed by atoms with Crippen LogP contribution in [0.2, 0.25) is 0 Å². The first-order chi connectivity index (χ1) is 16.2. The lowest BCUT2D eigenvalue weighted by Crippen LogP contribution is -2.12. The van der Waals surface area contributed by atoms with Gasteiger partial charge in [0, 0.05) is 17.5 Å². The first-order valence-corrected chi connectivity index (χ1v) is 12.1. The van der Waals surface area contributed by atoms with Crippen molar-refractivity contribution in [2.45, 2.75) is 24.8 Å². The lowest BCUT2D eigenvalue weighted by molar-refractivity contribution is 0.356. The number of sulfonamides is 1. The number of nitrogens with one attached hydrogen (secondary N) is 1. The molecule has 9 heteroatoms. The number of hydrogen-bond donors (Lipinski definition) is 2. The zero-order chi connectivity index (χ0) is 24.5. The number of fused-ring (bicyclic) bond motifs is 1. The minimum atomic E-state index is -3.78. The van der Waals surface area contributed by atoms with Crippen molar-refractivity contribution in [1.29, 1.82) is 0 Å². The first kappa shape index (κ1) is 23.5. The summed E-state index contributed by atoms with van der Waals surface area (Å²) in [6.07, 6.45) is 0. The van der Waals surface area contributed by atoms with Gasteiger partial charge in [-0.1, -0.05) is 30.3 Å². The van der Waals surface area contributed by atoms with Crippen LogP contribution < -0.4 is 19.9 Å². The van der Waals surface area contributed by atoms with Crippen LogP contribution in [0.25, 0.3) is 22.0 Å². The van der Waals surface area contributed by atoms with Crippen molar-refractivity contribution >= 4 is 26.7 Å². The van der Waals surface area contributed by atoms with Gasteiger partial charge in [-0.2, -0.15) is 0 Å². The smallest absolute Gasteiger partial charge is 0.238 e. The Hall–Kier alpha value is -3.69. The molecule has 0 aliphatic rings. The summed E-state index contributed by atoms with van der Waals surface area (Å²) in [5.41, 5.74) is 3.39. The van der Waals surface area contributed by atoms with Crippen LogP contribution in [-0.4, -0.2) is 32.6 Å². The molecule has 0 bridgehead atoms. The van der Waals surface area contributed by atoms with E-state index in [2.05, 4.69) is 15.3 Å². The SMILES string of the molecule is COc1cc2nc(C)nc(N[C@H](C)c3cccc(-c4cccc(S(N)(=O)=O)c4)c3)c2cc1OC. The molecule has 1 heterocycles. The summed E-state index contributed by atoms with van der Waals surface area (Å²) in [6, 6.07) is 18.1. The van der Waals surface area contributed by atoms with Gasteiger partial charge in [-0.25, -0.2) is 23.5 Å². The van der Waals surface area contributed by atoms with E-state index >= 15 is 0 Å². The number of benzene rings is 3. The van der Waals surface area contributed by atoms with Gasteiger partial charge in [0.15, 0.2) is 11.5 Å². The zero-order valence-electron chi connectivity index (χ0n) is 19.4. The number of methoxy groups -OCH3 is 2. The minimum Gasteiger partial charge on any atom is -0.493 e. The van der Waals surface area contributed by atoms with Gasteiger partial charge in [-0.3, -0.25) is 0 Å². The van der Waals surface area contributed by atoms with Crippen LogP contribution in [0.15, 0.2) is 65.6 Å². The van der Waals surface area contributed by atoms with E-state index in [0.717, 1.165) is 27.6 Å². The summed E-state index contributed by atoms with van der Waals surface area (Å²) in [6.45, 7) is 3.87. The number of ether oxygens (including phenoxy) is 2. The van der Waals surface area contributed by atoms with Crippen molar-refractivity contribution in [2.24, 2.45) is 5.14 Å². The van der Waals surface area contributed by atoms with Crippen molar-refractivity contribution in [2.75, 3.05) is 19.5 Å². The average Bonchev–Trinajstić information content (AvgIpc) is 2.82. The molecule has 4 aromatic rings. The fourth-order valence-corrected chi connectivity index (χ4v) is 4.37. The van der Waals surface area contributed by atoms with Crippen molar-refractivity contribution in [3.63, 3.8) is 0 Å². The molecule has 0 saturated heterocycles. The molecule has 8 nitrogen and oxygen atoms in total. The largest absolute Gasteiger partial charge is 0.493 e. The van der Waals surface area contributed by atoms with E-state index in [-0.39, 0.29) is 10.9 Å². The third-order valence-corrected chi connectivity index (χ3v) is 6.46. The monoisotopic (exact) mass is 478 g/mol. The highest BCUT2D eigenvalue weighted by molar-refractivity contribution is 7.89. The molecule has 0 saturated carbocycles. The highest BCUT2D eigenvalue weighted by atomic mass is 32.2. The number of anilines is 1. The molecule has 0 unspecified atom stereocenters. The van der Waals surface area contributed by atoms with Crippen LogP contribution in [0, 0.1) is 6.92 Å². The van der Waals surface area contributed by atoms with Gasteiger partial charge in [0.05, 0.1) is 24.6 Å². The molecule has 0 aliphatic carbocycles. The molecular weight excluding hydrogens is 452 g/mol. The molecule has 1 atom stereocenters. The fourth-order valence-electron chi connectivity index (χ4n) is 3.81. The molecule has 3 aromatic carbocycles. The summed E-state index contributed by atoms with van der Waals surface area (Å²) in [7, 11) is -0.606. The fraction of sp³-hybridized carbons (Fsp3) is 0.200. The van der Waals surface area contributed by atoms with Crippen molar-refractivity contribution in [3.05, 3.63) is 72.1 Å². The van der Waals surface area contributed by atoms with Gasteiger partial charge in [-0.05, 0) is 54.8 Å². The lowest BCUT2D eigenvalue weighted by atomic mass is 10.00. The number of aromatic nitrogens is 2. The molecule has 1 aromatic heterocycles. The second-order valence-corrected chi connectivity index (χ2v) is 9.47. The Kier molecular flexibility index (Phi) is 6.41. The highest BCUT2D eigenvalue weighted by Gasteiger charge is 2.15. The normalized spacial score (nSPS) is 12.4. The van der Waals surface area contributed by atoms with Crippen LogP contribution in [0.4, 0.5) is 5.82 Å². The van der Waals surface area contributed by atoms with Gasteiger partial charge in [0.1, 0.15) is 11.6 Å². The first-order valence-electron chi connectivity index (χ1n) is 10.6. The molecule has 3 N–H and O–H groups in total. The second-order valence-electron chi connectivity index (χ2n) is 7.91. The van der Waals surface area contributed by atoms with E-state index in [1.54, 1.807) is 26.4 Å². The summed E-state index contributed by atoms with van der Waals surface area (Å²) in [4.78, 5) is 9.23. The quantitative estimate of drug-likeness (QED) is 0.403. The van der Waals surface area contributed by atoms with Gasteiger partial charge in [-0.15, -0.1) is 0 Å². The summed E-state index contributed by atoms with van der Waals surface area (Å²) in [5, 5.41) is 9.59. The highest BCUT2D eigenvalue weighted by Crippen LogP contribution is 2.35. The Morgan fingerprint density at radius 1 is 0.912 bits per heavy atom. The third kappa shape index (κ3) is 4.80. The maximum absolute atomic E-state index is 11.8. The molecule has 0 amide bonds. The van der Waals surface area contributed by atoms with E-state index < -0.39 is 10.0 Å². The standard InChI is InChI=1S/C25H26N4O4S/c1-15(17-7-5-8-18(11-17)19-9-6-10-20(12-19)34(26,30)31)27-25-21-13-23(32-3)24(33-4)14-22(21)28-16(2)29-25/h5-15H,1-4H3,(H2,26,30,31)(H,27,28,29)/t15-/m1/s1. The van der Waals surface area contributed by atoms with Crippen LogP contribution in [0.3, 0.4) is 0 Å².